The molecule has 0 saturated heterocycles. The molecule has 0 amide bonds. The van der Waals surface area contributed by atoms with Gasteiger partial charge in [-0.3, -0.25) is 0 Å². The number of hydrogen-bond donors (Lipinski definition) is 3. The molecule has 1 unspecified atom stereocenters. The standard InChI is InChI=1S/C11H16F2N2O3S2/c1-11(16,6-19-2)5-15-20(17,18)10-4-9(14)7(12)3-8(10)13/h3-4,15-16H,5-6,14H2,1-2H3. The van der Waals surface area contributed by atoms with Crippen molar-refractivity contribution in [1.29, 1.82) is 0 Å². The zero-order chi connectivity index (χ0) is 15.6. The molecular formula is C11H16F2N2O3S2. The Kier molecular flexibility index (Phi) is 5.36. The molecule has 0 radical (unpaired) electrons. The van der Waals surface area contributed by atoms with Crippen molar-refractivity contribution in [2.24, 2.45) is 0 Å². The van der Waals surface area contributed by atoms with E-state index < -0.39 is 37.8 Å². The Hall–Kier alpha value is -0.900. The number of nitrogens with one attached hydrogen (secondary N) is 1. The number of nitrogens with two attached hydrogens (primary N) is 1. The van der Waals surface area contributed by atoms with Crippen molar-refractivity contribution in [1.82, 2.24) is 4.72 Å². The Morgan fingerprint density at radius 2 is 2.00 bits per heavy atom. The molecule has 0 aliphatic rings. The van der Waals surface area contributed by atoms with E-state index in [0.717, 1.165) is 0 Å². The van der Waals surface area contributed by atoms with Gasteiger partial charge in [-0.1, -0.05) is 0 Å². The van der Waals surface area contributed by atoms with E-state index in [4.69, 9.17) is 5.73 Å². The van der Waals surface area contributed by atoms with E-state index in [2.05, 4.69) is 4.72 Å². The normalized spacial score (nSPS) is 15.1. The van der Waals surface area contributed by atoms with Gasteiger partial charge in [0, 0.05) is 18.4 Å². The van der Waals surface area contributed by atoms with Crippen molar-refractivity contribution in [3.05, 3.63) is 23.8 Å². The molecule has 1 rings (SSSR count). The van der Waals surface area contributed by atoms with E-state index in [-0.39, 0.29) is 6.54 Å². The molecule has 5 nitrogen and oxygen atoms in total. The van der Waals surface area contributed by atoms with Gasteiger partial charge in [0.1, 0.15) is 16.5 Å². The fourth-order valence-corrected chi connectivity index (χ4v) is 3.42. The van der Waals surface area contributed by atoms with Gasteiger partial charge in [-0.25, -0.2) is 21.9 Å². The molecule has 1 aromatic carbocycles. The average Bonchev–Trinajstić information content (AvgIpc) is 2.31. The first kappa shape index (κ1) is 17.2. The van der Waals surface area contributed by atoms with Crippen LogP contribution in [-0.4, -0.2) is 37.7 Å². The van der Waals surface area contributed by atoms with Crippen LogP contribution in [0.25, 0.3) is 0 Å². The third-order valence-corrected chi connectivity index (χ3v) is 4.77. The molecule has 0 heterocycles. The minimum atomic E-state index is -4.22. The van der Waals surface area contributed by atoms with Gasteiger partial charge in [-0.2, -0.15) is 11.8 Å². The number of rotatable bonds is 6. The highest BCUT2D eigenvalue weighted by Crippen LogP contribution is 2.21. The summed E-state index contributed by atoms with van der Waals surface area (Å²) in [4.78, 5) is -0.753. The molecule has 114 valence electrons. The number of hydrogen-bond acceptors (Lipinski definition) is 5. The number of nitrogen functional groups attached to an aromatic ring is 1. The minimum absolute atomic E-state index is 0.295. The minimum Gasteiger partial charge on any atom is -0.396 e. The Morgan fingerprint density at radius 1 is 1.40 bits per heavy atom. The van der Waals surface area contributed by atoms with Crippen LogP contribution in [0.15, 0.2) is 17.0 Å². The van der Waals surface area contributed by atoms with E-state index in [0.29, 0.717) is 17.9 Å². The highest BCUT2D eigenvalue weighted by Gasteiger charge is 2.26. The van der Waals surface area contributed by atoms with Crippen molar-refractivity contribution < 1.29 is 22.3 Å². The van der Waals surface area contributed by atoms with Crippen LogP contribution in [0, 0.1) is 11.6 Å². The van der Waals surface area contributed by atoms with Crippen LogP contribution < -0.4 is 10.5 Å². The predicted molar refractivity (Wildman–Crippen MR) is 75.0 cm³/mol. The predicted octanol–water partition coefficient (Wildman–Crippen LogP) is 0.939. The second-order valence-electron chi connectivity index (χ2n) is 4.56. The highest BCUT2D eigenvalue weighted by atomic mass is 32.2. The van der Waals surface area contributed by atoms with Crippen LogP contribution in [-0.2, 0) is 10.0 Å². The summed E-state index contributed by atoms with van der Waals surface area (Å²) in [5, 5.41) is 9.87. The third-order valence-electron chi connectivity index (χ3n) is 2.44. The Balaban J connectivity index is 2.98. The number of anilines is 1. The van der Waals surface area contributed by atoms with Gasteiger partial charge in [-0.05, 0) is 19.2 Å². The lowest BCUT2D eigenvalue weighted by Gasteiger charge is -2.22. The lowest BCUT2D eigenvalue weighted by Crippen LogP contribution is -2.42. The van der Waals surface area contributed by atoms with Gasteiger partial charge in [0.25, 0.3) is 0 Å². The van der Waals surface area contributed by atoms with Gasteiger partial charge in [-0.15, -0.1) is 0 Å². The molecule has 20 heavy (non-hydrogen) atoms. The molecule has 0 bridgehead atoms. The monoisotopic (exact) mass is 326 g/mol. The zero-order valence-electron chi connectivity index (χ0n) is 11.0. The van der Waals surface area contributed by atoms with Gasteiger partial charge in [0.2, 0.25) is 10.0 Å². The largest absolute Gasteiger partial charge is 0.396 e. The fourth-order valence-electron chi connectivity index (χ4n) is 1.44. The molecule has 4 N–H and O–H groups in total. The van der Waals surface area contributed by atoms with E-state index in [1.807, 2.05) is 0 Å². The number of benzene rings is 1. The molecule has 0 fully saturated rings. The van der Waals surface area contributed by atoms with Crippen LogP contribution >= 0.6 is 11.8 Å². The van der Waals surface area contributed by atoms with Crippen molar-refractivity contribution in [2.45, 2.75) is 17.4 Å². The van der Waals surface area contributed by atoms with Crippen LogP contribution in [0.3, 0.4) is 0 Å². The summed E-state index contributed by atoms with van der Waals surface area (Å²) in [5.74, 6) is -1.98. The molecule has 1 aromatic rings. The molecule has 0 aromatic heterocycles. The van der Waals surface area contributed by atoms with Crippen LogP contribution in [0.2, 0.25) is 0 Å². The first-order valence-corrected chi connectivity index (χ1v) is 8.42. The summed E-state index contributed by atoms with van der Waals surface area (Å²) in [7, 11) is -4.22. The summed E-state index contributed by atoms with van der Waals surface area (Å²) < 4.78 is 52.4. The smallest absolute Gasteiger partial charge is 0.243 e. The maximum absolute atomic E-state index is 13.5. The number of thioether (sulfide) groups is 1. The maximum Gasteiger partial charge on any atom is 0.243 e. The molecule has 0 spiro atoms. The molecule has 0 aliphatic heterocycles. The van der Waals surface area contributed by atoms with Gasteiger partial charge < -0.3 is 10.8 Å². The number of halogens is 2. The molecule has 0 aliphatic carbocycles. The average molecular weight is 326 g/mol. The summed E-state index contributed by atoms with van der Waals surface area (Å²) in [6, 6.07) is 1.11. The Bertz CT molecular complexity index is 592. The van der Waals surface area contributed by atoms with Crippen LogP contribution in [0.5, 0.6) is 0 Å². The maximum atomic E-state index is 13.5. The Morgan fingerprint density at radius 3 is 2.55 bits per heavy atom. The van der Waals surface area contributed by atoms with Crippen molar-refractivity contribution in [2.75, 3.05) is 24.3 Å². The van der Waals surface area contributed by atoms with Gasteiger partial charge >= 0.3 is 0 Å². The number of aliphatic hydroxyl groups is 1. The van der Waals surface area contributed by atoms with E-state index in [1.54, 1.807) is 6.26 Å². The number of sulfonamides is 1. The van der Waals surface area contributed by atoms with Crippen molar-refractivity contribution in [3.63, 3.8) is 0 Å². The second kappa shape index (κ2) is 6.25. The summed E-state index contributed by atoms with van der Waals surface area (Å²) in [5.41, 5.74) is 3.48. The second-order valence-corrected chi connectivity index (χ2v) is 7.16. The Labute approximate surface area is 120 Å². The topological polar surface area (TPSA) is 92.4 Å². The molecule has 1 atom stereocenters. The fraction of sp³-hybridized carbons (Fsp3) is 0.455. The molecule has 9 heteroatoms. The lowest BCUT2D eigenvalue weighted by atomic mass is 10.1. The highest BCUT2D eigenvalue weighted by molar-refractivity contribution is 7.98. The first-order chi connectivity index (χ1) is 9.09. The molecular weight excluding hydrogens is 310 g/mol. The summed E-state index contributed by atoms with van der Waals surface area (Å²) >= 11 is 1.33. The molecule has 0 saturated carbocycles. The van der Waals surface area contributed by atoms with Crippen molar-refractivity contribution in [3.8, 4) is 0 Å². The SMILES string of the molecule is CSCC(C)(O)CNS(=O)(=O)c1cc(N)c(F)cc1F. The van der Waals surface area contributed by atoms with E-state index in [1.165, 1.54) is 18.7 Å². The zero-order valence-corrected chi connectivity index (χ0v) is 12.6. The van der Waals surface area contributed by atoms with Crippen LogP contribution in [0.1, 0.15) is 6.92 Å². The quantitative estimate of drug-likeness (QED) is 0.677. The summed E-state index contributed by atoms with van der Waals surface area (Å²) in [6.07, 6.45) is 1.75. The third kappa shape index (κ3) is 4.30. The summed E-state index contributed by atoms with van der Waals surface area (Å²) in [6.45, 7) is 1.15. The van der Waals surface area contributed by atoms with Crippen LogP contribution in [0.4, 0.5) is 14.5 Å². The first-order valence-electron chi connectivity index (χ1n) is 5.54. The van der Waals surface area contributed by atoms with E-state index >= 15 is 0 Å². The van der Waals surface area contributed by atoms with Gasteiger partial charge in [0.05, 0.1) is 11.3 Å². The lowest BCUT2D eigenvalue weighted by molar-refractivity contribution is 0.0908. The van der Waals surface area contributed by atoms with Gasteiger partial charge in [0.15, 0.2) is 0 Å². The van der Waals surface area contributed by atoms with E-state index in [9.17, 15) is 22.3 Å². The van der Waals surface area contributed by atoms with Crippen molar-refractivity contribution >= 4 is 27.5 Å².